The van der Waals surface area contributed by atoms with Gasteiger partial charge in [-0.25, -0.2) is 0 Å². The van der Waals surface area contributed by atoms with Crippen LogP contribution < -0.4 is 5.73 Å². The first-order chi connectivity index (χ1) is 7.80. The predicted octanol–water partition coefficient (Wildman–Crippen LogP) is 1.84. The molecule has 3 fully saturated rings. The standard InChI is InChI=1S/C13H23NO2/c14-9-10-6-12(7-10)16-11-2-5-15-13(8-11)3-1-4-13/h10-12H,1-9,14H2. The van der Waals surface area contributed by atoms with Crippen LogP contribution in [0.5, 0.6) is 0 Å². The Kier molecular flexibility index (Phi) is 2.94. The van der Waals surface area contributed by atoms with E-state index in [2.05, 4.69) is 0 Å². The Morgan fingerprint density at radius 1 is 1.25 bits per heavy atom. The smallest absolute Gasteiger partial charge is 0.0707 e. The van der Waals surface area contributed by atoms with Gasteiger partial charge in [0.15, 0.2) is 0 Å². The lowest BCUT2D eigenvalue weighted by atomic mass is 9.74. The Hall–Kier alpha value is -0.120. The van der Waals surface area contributed by atoms with E-state index < -0.39 is 0 Å². The molecule has 0 aromatic carbocycles. The number of hydrogen-bond donors (Lipinski definition) is 1. The number of rotatable bonds is 3. The fourth-order valence-electron chi connectivity index (χ4n) is 3.27. The number of hydrogen-bond acceptors (Lipinski definition) is 3. The van der Waals surface area contributed by atoms with Gasteiger partial charge in [0.25, 0.3) is 0 Å². The number of ether oxygens (including phenoxy) is 2. The SMILES string of the molecule is NCC1CC(OC2CCOC3(CCC3)C2)C1. The zero-order valence-corrected chi connectivity index (χ0v) is 9.99. The second-order valence-electron chi connectivity index (χ2n) is 5.83. The summed E-state index contributed by atoms with van der Waals surface area (Å²) in [6.07, 6.45) is 9.38. The van der Waals surface area contributed by atoms with E-state index in [1.54, 1.807) is 0 Å². The van der Waals surface area contributed by atoms with Crippen molar-refractivity contribution in [3.63, 3.8) is 0 Å². The highest BCUT2D eigenvalue weighted by atomic mass is 16.5. The molecular formula is C13H23NO2. The van der Waals surface area contributed by atoms with Gasteiger partial charge in [-0.3, -0.25) is 0 Å². The van der Waals surface area contributed by atoms with Crippen LogP contribution in [0.3, 0.4) is 0 Å². The lowest BCUT2D eigenvalue weighted by molar-refractivity contribution is -0.189. The van der Waals surface area contributed by atoms with Gasteiger partial charge in [-0.2, -0.15) is 0 Å². The molecule has 16 heavy (non-hydrogen) atoms. The van der Waals surface area contributed by atoms with Crippen LogP contribution >= 0.6 is 0 Å². The Morgan fingerprint density at radius 2 is 2.06 bits per heavy atom. The zero-order valence-electron chi connectivity index (χ0n) is 9.99. The van der Waals surface area contributed by atoms with E-state index in [4.69, 9.17) is 15.2 Å². The summed E-state index contributed by atoms with van der Waals surface area (Å²) in [4.78, 5) is 0. The average molecular weight is 225 g/mol. The summed E-state index contributed by atoms with van der Waals surface area (Å²) in [7, 11) is 0. The second-order valence-corrected chi connectivity index (χ2v) is 5.83. The Morgan fingerprint density at radius 3 is 2.69 bits per heavy atom. The molecule has 1 spiro atoms. The van der Waals surface area contributed by atoms with Gasteiger partial charge in [0.2, 0.25) is 0 Å². The van der Waals surface area contributed by atoms with Crippen molar-refractivity contribution in [3.05, 3.63) is 0 Å². The van der Waals surface area contributed by atoms with Gasteiger partial charge in [0.05, 0.1) is 17.8 Å². The molecular weight excluding hydrogens is 202 g/mol. The van der Waals surface area contributed by atoms with Crippen molar-refractivity contribution in [2.75, 3.05) is 13.2 Å². The molecule has 92 valence electrons. The highest BCUT2D eigenvalue weighted by Crippen LogP contribution is 2.44. The Balaban J connectivity index is 1.45. The molecule has 3 aliphatic rings. The van der Waals surface area contributed by atoms with Gasteiger partial charge in [-0.1, -0.05) is 0 Å². The maximum atomic E-state index is 6.15. The predicted molar refractivity (Wildman–Crippen MR) is 62.2 cm³/mol. The molecule has 3 heteroatoms. The molecule has 2 saturated carbocycles. The summed E-state index contributed by atoms with van der Waals surface area (Å²) in [5, 5.41) is 0. The summed E-state index contributed by atoms with van der Waals surface area (Å²) in [6.45, 7) is 1.73. The molecule has 1 atom stereocenters. The third kappa shape index (κ3) is 2.01. The molecule has 3 rings (SSSR count). The quantitative estimate of drug-likeness (QED) is 0.797. The third-order valence-corrected chi connectivity index (χ3v) is 4.62. The largest absolute Gasteiger partial charge is 0.375 e. The van der Waals surface area contributed by atoms with Crippen molar-refractivity contribution in [2.24, 2.45) is 11.7 Å². The van der Waals surface area contributed by atoms with Gasteiger partial charge in [-0.15, -0.1) is 0 Å². The molecule has 0 amide bonds. The van der Waals surface area contributed by atoms with Crippen molar-refractivity contribution in [3.8, 4) is 0 Å². The van der Waals surface area contributed by atoms with Gasteiger partial charge >= 0.3 is 0 Å². The van der Waals surface area contributed by atoms with Crippen molar-refractivity contribution in [1.82, 2.24) is 0 Å². The van der Waals surface area contributed by atoms with Gasteiger partial charge in [0.1, 0.15) is 0 Å². The summed E-state index contributed by atoms with van der Waals surface area (Å²) < 4.78 is 12.1. The molecule has 0 aromatic rings. The first-order valence-corrected chi connectivity index (χ1v) is 6.79. The Labute approximate surface area is 97.7 Å². The summed E-state index contributed by atoms with van der Waals surface area (Å²) in [5.74, 6) is 0.725. The van der Waals surface area contributed by atoms with Crippen molar-refractivity contribution in [2.45, 2.75) is 62.8 Å². The van der Waals surface area contributed by atoms with Crippen LogP contribution in [0.15, 0.2) is 0 Å². The van der Waals surface area contributed by atoms with Crippen LogP contribution in [0.4, 0.5) is 0 Å². The fourth-order valence-corrected chi connectivity index (χ4v) is 3.27. The van der Waals surface area contributed by atoms with Crippen LogP contribution in [0.1, 0.15) is 44.9 Å². The van der Waals surface area contributed by atoms with E-state index in [0.29, 0.717) is 12.2 Å². The van der Waals surface area contributed by atoms with Crippen LogP contribution in [-0.2, 0) is 9.47 Å². The van der Waals surface area contributed by atoms with E-state index >= 15 is 0 Å². The minimum atomic E-state index is 0.222. The minimum absolute atomic E-state index is 0.222. The molecule has 1 aliphatic heterocycles. The summed E-state index contributed by atoms with van der Waals surface area (Å²) in [5.41, 5.74) is 5.85. The van der Waals surface area contributed by atoms with Gasteiger partial charge in [0, 0.05) is 13.0 Å². The monoisotopic (exact) mass is 225 g/mol. The Bertz CT molecular complexity index is 246. The van der Waals surface area contributed by atoms with Crippen molar-refractivity contribution >= 4 is 0 Å². The van der Waals surface area contributed by atoms with E-state index in [0.717, 1.165) is 31.9 Å². The average Bonchev–Trinajstić information content (AvgIpc) is 2.21. The van der Waals surface area contributed by atoms with E-state index in [1.807, 2.05) is 0 Å². The zero-order chi connectivity index (χ0) is 11.0. The van der Waals surface area contributed by atoms with E-state index in [-0.39, 0.29) is 5.60 Å². The molecule has 2 N–H and O–H groups in total. The van der Waals surface area contributed by atoms with Crippen molar-refractivity contribution in [1.29, 1.82) is 0 Å². The summed E-state index contributed by atoms with van der Waals surface area (Å²) >= 11 is 0. The molecule has 3 nitrogen and oxygen atoms in total. The topological polar surface area (TPSA) is 44.5 Å². The molecule has 0 radical (unpaired) electrons. The van der Waals surface area contributed by atoms with Crippen LogP contribution in [-0.4, -0.2) is 31.0 Å². The maximum Gasteiger partial charge on any atom is 0.0707 e. The number of nitrogens with two attached hydrogens (primary N) is 1. The lowest BCUT2D eigenvalue weighted by Crippen LogP contribution is -2.49. The minimum Gasteiger partial charge on any atom is -0.375 e. The van der Waals surface area contributed by atoms with Gasteiger partial charge < -0.3 is 15.2 Å². The fraction of sp³-hybridized carbons (Fsp3) is 1.00. The van der Waals surface area contributed by atoms with Crippen LogP contribution in [0.2, 0.25) is 0 Å². The first-order valence-electron chi connectivity index (χ1n) is 6.79. The van der Waals surface area contributed by atoms with E-state index in [1.165, 1.54) is 32.1 Å². The lowest BCUT2D eigenvalue weighted by Gasteiger charge is -2.48. The highest BCUT2D eigenvalue weighted by molar-refractivity contribution is 4.95. The molecule has 1 heterocycles. The summed E-state index contributed by atoms with van der Waals surface area (Å²) in [6, 6.07) is 0. The molecule has 1 saturated heterocycles. The molecule has 2 aliphatic carbocycles. The van der Waals surface area contributed by atoms with Crippen LogP contribution in [0, 0.1) is 5.92 Å². The van der Waals surface area contributed by atoms with E-state index in [9.17, 15) is 0 Å². The molecule has 0 bridgehead atoms. The highest BCUT2D eigenvalue weighted by Gasteiger charge is 2.44. The molecule has 0 aromatic heterocycles. The maximum absolute atomic E-state index is 6.15. The third-order valence-electron chi connectivity index (χ3n) is 4.62. The first kappa shape index (κ1) is 11.0. The second kappa shape index (κ2) is 4.28. The van der Waals surface area contributed by atoms with Crippen molar-refractivity contribution < 1.29 is 9.47 Å². The normalized spacial score (nSPS) is 41.4. The molecule has 1 unspecified atom stereocenters. The van der Waals surface area contributed by atoms with Gasteiger partial charge in [-0.05, 0) is 51.0 Å². The van der Waals surface area contributed by atoms with Crippen LogP contribution in [0.25, 0.3) is 0 Å².